The molecule has 1 aromatic carbocycles. The molecule has 1 aromatic heterocycles. The molecule has 6 nitrogen and oxygen atoms in total. The standard InChI is InChI=1S/C14H16FN3O3S/c1-8-4-10(5-9(2)13(8)15)17-14(19)12-6-11(7-18(12)3)22(16,20)21/h4-7H,1-3H3,(H,17,19)(H2,16,20,21). The molecular formula is C14H16FN3O3S. The highest BCUT2D eigenvalue weighted by Gasteiger charge is 2.18. The molecule has 0 bridgehead atoms. The molecule has 2 rings (SSSR count). The maximum atomic E-state index is 13.6. The number of carbonyl (C=O) groups excluding carboxylic acids is 1. The third kappa shape index (κ3) is 3.18. The zero-order chi connectivity index (χ0) is 16.7. The van der Waals surface area contributed by atoms with E-state index in [1.54, 1.807) is 13.8 Å². The van der Waals surface area contributed by atoms with Crippen molar-refractivity contribution in [1.29, 1.82) is 0 Å². The summed E-state index contributed by atoms with van der Waals surface area (Å²) in [6, 6.07) is 4.20. The van der Waals surface area contributed by atoms with Gasteiger partial charge in [0.25, 0.3) is 5.91 Å². The summed E-state index contributed by atoms with van der Waals surface area (Å²) in [5.74, 6) is -0.837. The Labute approximate surface area is 127 Å². The number of hydrogen-bond acceptors (Lipinski definition) is 3. The van der Waals surface area contributed by atoms with Gasteiger partial charge in [-0.3, -0.25) is 4.79 Å². The van der Waals surface area contributed by atoms with E-state index < -0.39 is 15.9 Å². The van der Waals surface area contributed by atoms with Gasteiger partial charge in [-0.2, -0.15) is 0 Å². The molecule has 0 aliphatic carbocycles. The Morgan fingerprint density at radius 3 is 2.23 bits per heavy atom. The molecule has 1 heterocycles. The van der Waals surface area contributed by atoms with Crippen LogP contribution in [0.25, 0.3) is 0 Å². The van der Waals surface area contributed by atoms with E-state index in [1.807, 2.05) is 0 Å². The number of aryl methyl sites for hydroxylation is 3. The number of halogens is 1. The van der Waals surface area contributed by atoms with Gasteiger partial charge in [-0.1, -0.05) is 0 Å². The molecule has 8 heteroatoms. The van der Waals surface area contributed by atoms with Gasteiger partial charge in [0.05, 0.1) is 0 Å². The summed E-state index contributed by atoms with van der Waals surface area (Å²) >= 11 is 0. The molecule has 3 N–H and O–H groups in total. The average Bonchev–Trinajstić information content (AvgIpc) is 2.78. The van der Waals surface area contributed by atoms with Crippen LogP contribution in [0.5, 0.6) is 0 Å². The number of primary sulfonamides is 1. The van der Waals surface area contributed by atoms with Gasteiger partial charge in [0.15, 0.2) is 0 Å². The molecule has 0 saturated heterocycles. The number of hydrogen-bond donors (Lipinski definition) is 2. The van der Waals surface area contributed by atoms with Crippen molar-refractivity contribution < 1.29 is 17.6 Å². The van der Waals surface area contributed by atoms with Crippen LogP contribution in [0.2, 0.25) is 0 Å². The molecule has 1 amide bonds. The number of nitrogens with zero attached hydrogens (tertiary/aromatic N) is 1. The number of nitrogens with one attached hydrogen (secondary N) is 1. The molecule has 0 aliphatic rings. The van der Waals surface area contributed by atoms with Crippen molar-refractivity contribution in [3.05, 3.63) is 47.0 Å². The molecule has 0 radical (unpaired) electrons. The SMILES string of the molecule is Cc1cc(NC(=O)c2cc(S(N)(=O)=O)cn2C)cc(C)c1F. The average molecular weight is 325 g/mol. The maximum Gasteiger partial charge on any atom is 0.272 e. The van der Waals surface area contributed by atoms with Crippen molar-refractivity contribution in [2.24, 2.45) is 12.2 Å². The lowest BCUT2D eigenvalue weighted by Gasteiger charge is -2.09. The molecular weight excluding hydrogens is 309 g/mol. The first-order chi connectivity index (χ1) is 10.1. The van der Waals surface area contributed by atoms with Crippen LogP contribution in [0.15, 0.2) is 29.3 Å². The summed E-state index contributed by atoms with van der Waals surface area (Å²) < 4.78 is 37.5. The Morgan fingerprint density at radius 1 is 1.23 bits per heavy atom. The van der Waals surface area contributed by atoms with E-state index in [9.17, 15) is 17.6 Å². The van der Waals surface area contributed by atoms with Crippen LogP contribution in [-0.2, 0) is 17.1 Å². The third-order valence-electron chi connectivity index (χ3n) is 3.24. The van der Waals surface area contributed by atoms with Crippen LogP contribution in [0.3, 0.4) is 0 Å². The molecule has 118 valence electrons. The second kappa shape index (κ2) is 5.54. The van der Waals surface area contributed by atoms with Gasteiger partial charge in [-0.15, -0.1) is 0 Å². The molecule has 2 aromatic rings. The molecule has 22 heavy (non-hydrogen) atoms. The number of amides is 1. The number of anilines is 1. The second-order valence-corrected chi connectivity index (χ2v) is 6.66. The predicted molar refractivity (Wildman–Crippen MR) is 80.6 cm³/mol. The van der Waals surface area contributed by atoms with Gasteiger partial charge in [0.1, 0.15) is 16.4 Å². The Balaban J connectivity index is 2.32. The highest BCUT2D eigenvalue weighted by atomic mass is 32.2. The van der Waals surface area contributed by atoms with E-state index >= 15 is 0 Å². The lowest BCUT2D eigenvalue weighted by atomic mass is 10.1. The van der Waals surface area contributed by atoms with Crippen molar-refractivity contribution in [3.8, 4) is 0 Å². The smallest absolute Gasteiger partial charge is 0.272 e. The van der Waals surface area contributed by atoms with Crippen LogP contribution in [0.4, 0.5) is 10.1 Å². The van der Waals surface area contributed by atoms with Crippen LogP contribution >= 0.6 is 0 Å². The molecule has 0 unspecified atom stereocenters. The molecule has 0 aliphatic heterocycles. The van der Waals surface area contributed by atoms with E-state index in [-0.39, 0.29) is 16.4 Å². The molecule has 0 atom stereocenters. The zero-order valence-corrected chi connectivity index (χ0v) is 13.2. The summed E-state index contributed by atoms with van der Waals surface area (Å²) in [5.41, 5.74) is 1.38. The summed E-state index contributed by atoms with van der Waals surface area (Å²) in [7, 11) is -2.35. The Hall–Kier alpha value is -2.19. The summed E-state index contributed by atoms with van der Waals surface area (Å²) in [6.07, 6.45) is 1.26. The fourth-order valence-corrected chi connectivity index (χ4v) is 2.71. The Kier molecular flexibility index (Phi) is 4.08. The molecule has 0 spiro atoms. The number of sulfonamides is 1. The largest absolute Gasteiger partial charge is 0.345 e. The first-order valence-corrected chi connectivity index (χ1v) is 7.91. The van der Waals surface area contributed by atoms with Gasteiger partial charge >= 0.3 is 0 Å². The fourth-order valence-electron chi connectivity index (χ4n) is 2.13. The Morgan fingerprint density at radius 2 is 1.77 bits per heavy atom. The number of carbonyl (C=O) groups is 1. The number of aromatic nitrogens is 1. The lowest BCUT2D eigenvalue weighted by Crippen LogP contribution is -2.15. The number of nitrogens with two attached hydrogens (primary N) is 1. The van der Waals surface area contributed by atoms with Crippen molar-refractivity contribution in [2.45, 2.75) is 18.7 Å². The second-order valence-electron chi connectivity index (χ2n) is 5.10. The highest BCUT2D eigenvalue weighted by Crippen LogP contribution is 2.20. The van der Waals surface area contributed by atoms with E-state index in [4.69, 9.17) is 5.14 Å². The monoisotopic (exact) mass is 325 g/mol. The first-order valence-electron chi connectivity index (χ1n) is 6.37. The van der Waals surface area contributed by atoms with Crippen molar-refractivity contribution in [1.82, 2.24) is 4.57 Å². The zero-order valence-electron chi connectivity index (χ0n) is 12.3. The van der Waals surface area contributed by atoms with Crippen LogP contribution in [-0.4, -0.2) is 18.9 Å². The highest BCUT2D eigenvalue weighted by molar-refractivity contribution is 7.89. The van der Waals surface area contributed by atoms with Crippen molar-refractivity contribution in [2.75, 3.05) is 5.32 Å². The topological polar surface area (TPSA) is 94.2 Å². The van der Waals surface area contributed by atoms with Gasteiger partial charge in [-0.25, -0.2) is 17.9 Å². The first kappa shape index (κ1) is 16.2. The normalized spacial score (nSPS) is 11.5. The Bertz CT molecular complexity index is 833. The molecule has 0 saturated carbocycles. The minimum atomic E-state index is -3.88. The van der Waals surface area contributed by atoms with Crippen LogP contribution in [0.1, 0.15) is 21.6 Å². The summed E-state index contributed by atoms with van der Waals surface area (Å²) in [6.45, 7) is 3.19. The summed E-state index contributed by atoms with van der Waals surface area (Å²) in [5, 5.41) is 7.64. The van der Waals surface area contributed by atoms with Gasteiger partial charge in [0.2, 0.25) is 10.0 Å². The van der Waals surface area contributed by atoms with Gasteiger partial charge in [-0.05, 0) is 43.2 Å². The van der Waals surface area contributed by atoms with E-state index in [0.717, 1.165) is 0 Å². The van der Waals surface area contributed by atoms with E-state index in [2.05, 4.69) is 5.32 Å². The predicted octanol–water partition coefficient (Wildman–Crippen LogP) is 1.68. The molecule has 0 fully saturated rings. The number of rotatable bonds is 3. The summed E-state index contributed by atoms with van der Waals surface area (Å²) in [4.78, 5) is 12.1. The minimum absolute atomic E-state index is 0.128. The van der Waals surface area contributed by atoms with Crippen LogP contribution < -0.4 is 10.5 Å². The van der Waals surface area contributed by atoms with Gasteiger partial charge in [0, 0.05) is 18.9 Å². The van der Waals surface area contributed by atoms with E-state index in [0.29, 0.717) is 16.8 Å². The van der Waals surface area contributed by atoms with Crippen molar-refractivity contribution >= 4 is 21.6 Å². The van der Waals surface area contributed by atoms with Crippen LogP contribution in [0, 0.1) is 19.7 Å². The van der Waals surface area contributed by atoms with Gasteiger partial charge < -0.3 is 9.88 Å². The quantitative estimate of drug-likeness (QED) is 0.899. The maximum absolute atomic E-state index is 13.6. The lowest BCUT2D eigenvalue weighted by molar-refractivity contribution is 0.101. The minimum Gasteiger partial charge on any atom is -0.345 e. The number of benzene rings is 1. The fraction of sp³-hybridized carbons (Fsp3) is 0.214. The third-order valence-corrected chi connectivity index (χ3v) is 4.12. The van der Waals surface area contributed by atoms with E-state index in [1.165, 1.54) is 36.0 Å². The van der Waals surface area contributed by atoms with Crippen molar-refractivity contribution in [3.63, 3.8) is 0 Å².